The van der Waals surface area contributed by atoms with Crippen LogP contribution in [0.2, 0.25) is 0 Å². The zero-order valence-corrected chi connectivity index (χ0v) is 12.9. The number of ether oxygens (including phenoxy) is 1. The van der Waals surface area contributed by atoms with E-state index in [1.54, 1.807) is 18.2 Å². The van der Waals surface area contributed by atoms with E-state index >= 15 is 0 Å². The van der Waals surface area contributed by atoms with Crippen LogP contribution < -0.4 is 21.1 Å². The van der Waals surface area contributed by atoms with Crippen LogP contribution in [-0.2, 0) is 16.1 Å². The molecule has 0 aliphatic heterocycles. The summed E-state index contributed by atoms with van der Waals surface area (Å²) in [6, 6.07) is 7.20. The second-order valence-corrected chi connectivity index (χ2v) is 4.39. The fourth-order valence-corrected chi connectivity index (χ4v) is 1.61. The smallest absolute Gasteiger partial charge is 0.255 e. The third-order valence-electron chi connectivity index (χ3n) is 2.60. The SMILES string of the molecule is CNCCCC(=O)NCc1cccc(OCC(N)=O)c1.Cl. The lowest BCUT2D eigenvalue weighted by atomic mass is 10.2. The molecule has 0 spiro atoms. The van der Waals surface area contributed by atoms with Crippen molar-refractivity contribution < 1.29 is 14.3 Å². The van der Waals surface area contributed by atoms with Gasteiger partial charge in [0.2, 0.25) is 5.91 Å². The number of nitrogens with two attached hydrogens (primary N) is 1. The van der Waals surface area contributed by atoms with Crippen molar-refractivity contribution in [3.05, 3.63) is 29.8 Å². The van der Waals surface area contributed by atoms with Crippen LogP contribution in [0.1, 0.15) is 18.4 Å². The second-order valence-electron chi connectivity index (χ2n) is 4.39. The Kier molecular flexibility index (Phi) is 10.0. The quantitative estimate of drug-likeness (QED) is 0.581. The third kappa shape index (κ3) is 8.88. The van der Waals surface area contributed by atoms with Gasteiger partial charge >= 0.3 is 0 Å². The Morgan fingerprint density at radius 2 is 2.10 bits per heavy atom. The number of benzene rings is 1. The van der Waals surface area contributed by atoms with E-state index in [9.17, 15) is 9.59 Å². The first-order valence-corrected chi connectivity index (χ1v) is 6.53. The number of halogens is 1. The molecule has 0 radical (unpaired) electrons. The first-order valence-electron chi connectivity index (χ1n) is 6.53. The number of hydrogen-bond donors (Lipinski definition) is 3. The molecule has 0 aliphatic carbocycles. The molecule has 21 heavy (non-hydrogen) atoms. The first kappa shape index (κ1) is 19.2. The van der Waals surface area contributed by atoms with Crippen molar-refractivity contribution in [3.8, 4) is 5.75 Å². The molecule has 0 saturated heterocycles. The molecule has 0 saturated carbocycles. The molecule has 118 valence electrons. The standard InChI is InChI=1S/C14H21N3O3.ClH/c1-16-7-3-6-14(19)17-9-11-4-2-5-12(8-11)20-10-13(15)18;/h2,4-5,8,16H,3,6-7,9-10H2,1H3,(H2,15,18)(H,17,19);1H. The molecule has 0 unspecified atom stereocenters. The van der Waals surface area contributed by atoms with Crippen LogP contribution in [0.5, 0.6) is 5.75 Å². The molecule has 0 bridgehead atoms. The lowest BCUT2D eigenvalue weighted by Crippen LogP contribution is -2.23. The van der Waals surface area contributed by atoms with Crippen LogP contribution in [0.4, 0.5) is 0 Å². The minimum atomic E-state index is -0.520. The summed E-state index contributed by atoms with van der Waals surface area (Å²) in [6.45, 7) is 1.11. The fourth-order valence-electron chi connectivity index (χ4n) is 1.61. The van der Waals surface area contributed by atoms with Gasteiger partial charge in [-0.1, -0.05) is 12.1 Å². The van der Waals surface area contributed by atoms with E-state index in [0.29, 0.717) is 18.7 Å². The van der Waals surface area contributed by atoms with Gasteiger partial charge in [-0.15, -0.1) is 12.4 Å². The zero-order chi connectivity index (χ0) is 14.8. The molecule has 0 fully saturated rings. The molecule has 4 N–H and O–H groups in total. The Labute approximate surface area is 130 Å². The number of rotatable bonds is 9. The van der Waals surface area contributed by atoms with Crippen LogP contribution in [0, 0.1) is 0 Å². The maximum Gasteiger partial charge on any atom is 0.255 e. The molecular weight excluding hydrogens is 294 g/mol. The Bertz CT molecular complexity index is 455. The Hall–Kier alpha value is -1.79. The molecule has 1 rings (SSSR count). The summed E-state index contributed by atoms with van der Waals surface area (Å²) < 4.78 is 5.20. The van der Waals surface area contributed by atoms with Gasteiger partial charge in [-0.25, -0.2) is 0 Å². The number of nitrogens with one attached hydrogen (secondary N) is 2. The number of primary amides is 1. The molecule has 1 aromatic carbocycles. The molecule has 2 amide bonds. The van der Waals surface area contributed by atoms with Crippen LogP contribution in [0.15, 0.2) is 24.3 Å². The lowest BCUT2D eigenvalue weighted by Gasteiger charge is -2.08. The zero-order valence-electron chi connectivity index (χ0n) is 12.1. The van der Waals surface area contributed by atoms with Crippen molar-refractivity contribution in [2.45, 2.75) is 19.4 Å². The minimum absolute atomic E-state index is 0. The van der Waals surface area contributed by atoms with Gasteiger partial charge in [0, 0.05) is 13.0 Å². The Balaban J connectivity index is 0.00000400. The van der Waals surface area contributed by atoms with Crippen molar-refractivity contribution in [3.63, 3.8) is 0 Å². The second kappa shape index (κ2) is 10.9. The molecular formula is C14H22ClN3O3. The van der Waals surface area contributed by atoms with E-state index in [0.717, 1.165) is 18.5 Å². The normalized spacial score (nSPS) is 9.57. The summed E-state index contributed by atoms with van der Waals surface area (Å²) in [4.78, 5) is 22.2. The van der Waals surface area contributed by atoms with E-state index in [2.05, 4.69) is 10.6 Å². The van der Waals surface area contributed by atoms with E-state index in [4.69, 9.17) is 10.5 Å². The lowest BCUT2D eigenvalue weighted by molar-refractivity contribution is -0.121. The maximum atomic E-state index is 11.6. The van der Waals surface area contributed by atoms with E-state index in [1.807, 2.05) is 13.1 Å². The molecule has 0 atom stereocenters. The predicted octanol–water partition coefficient (Wildman–Crippen LogP) is 0.588. The van der Waals surface area contributed by atoms with Crippen molar-refractivity contribution in [1.29, 1.82) is 0 Å². The highest BCUT2D eigenvalue weighted by molar-refractivity contribution is 5.85. The third-order valence-corrected chi connectivity index (χ3v) is 2.60. The van der Waals surface area contributed by atoms with Crippen LogP contribution in [0.25, 0.3) is 0 Å². The van der Waals surface area contributed by atoms with Gasteiger partial charge in [0.15, 0.2) is 6.61 Å². The topological polar surface area (TPSA) is 93.4 Å². The van der Waals surface area contributed by atoms with Crippen LogP contribution in [-0.4, -0.2) is 32.0 Å². The van der Waals surface area contributed by atoms with Crippen molar-refractivity contribution >= 4 is 24.2 Å². The summed E-state index contributed by atoms with van der Waals surface area (Å²) in [5, 5.41) is 5.83. The van der Waals surface area contributed by atoms with Crippen molar-refractivity contribution in [2.75, 3.05) is 20.2 Å². The summed E-state index contributed by atoms with van der Waals surface area (Å²) in [7, 11) is 1.86. The molecule has 0 aliphatic rings. The van der Waals surface area contributed by atoms with E-state index < -0.39 is 5.91 Å². The summed E-state index contributed by atoms with van der Waals surface area (Å²) in [5.41, 5.74) is 5.92. The fraction of sp³-hybridized carbons (Fsp3) is 0.429. The molecule has 6 nitrogen and oxygen atoms in total. The number of amides is 2. The van der Waals surface area contributed by atoms with Gasteiger partial charge in [0.1, 0.15) is 5.75 Å². The summed E-state index contributed by atoms with van der Waals surface area (Å²) in [5.74, 6) is 0.0580. The van der Waals surface area contributed by atoms with Gasteiger partial charge in [-0.05, 0) is 37.7 Å². The Morgan fingerprint density at radius 1 is 1.33 bits per heavy atom. The Morgan fingerprint density at radius 3 is 2.76 bits per heavy atom. The van der Waals surface area contributed by atoms with Crippen LogP contribution >= 0.6 is 12.4 Å². The average molecular weight is 316 g/mol. The monoisotopic (exact) mass is 315 g/mol. The van der Waals surface area contributed by atoms with Gasteiger partial charge in [-0.3, -0.25) is 9.59 Å². The summed E-state index contributed by atoms with van der Waals surface area (Å²) >= 11 is 0. The summed E-state index contributed by atoms with van der Waals surface area (Å²) in [6.07, 6.45) is 1.31. The van der Waals surface area contributed by atoms with E-state index in [-0.39, 0.29) is 24.9 Å². The maximum absolute atomic E-state index is 11.6. The molecule has 0 aromatic heterocycles. The van der Waals surface area contributed by atoms with Crippen LogP contribution in [0.3, 0.4) is 0 Å². The minimum Gasteiger partial charge on any atom is -0.484 e. The van der Waals surface area contributed by atoms with Crippen molar-refractivity contribution in [1.82, 2.24) is 10.6 Å². The van der Waals surface area contributed by atoms with Crippen molar-refractivity contribution in [2.24, 2.45) is 5.73 Å². The average Bonchev–Trinajstić information content (AvgIpc) is 2.44. The predicted molar refractivity (Wildman–Crippen MR) is 83.4 cm³/mol. The van der Waals surface area contributed by atoms with Gasteiger partial charge in [0.25, 0.3) is 5.91 Å². The first-order chi connectivity index (χ1) is 9.61. The highest BCUT2D eigenvalue weighted by Crippen LogP contribution is 2.13. The number of hydrogen-bond acceptors (Lipinski definition) is 4. The molecule has 1 aromatic rings. The van der Waals surface area contributed by atoms with Gasteiger partial charge in [-0.2, -0.15) is 0 Å². The van der Waals surface area contributed by atoms with Gasteiger partial charge < -0.3 is 21.1 Å². The molecule has 0 heterocycles. The number of carbonyl (C=O) groups excluding carboxylic acids is 2. The number of carbonyl (C=O) groups is 2. The largest absolute Gasteiger partial charge is 0.484 e. The highest BCUT2D eigenvalue weighted by Gasteiger charge is 2.03. The molecule has 7 heteroatoms. The van der Waals surface area contributed by atoms with Gasteiger partial charge in [0.05, 0.1) is 0 Å². The highest BCUT2D eigenvalue weighted by atomic mass is 35.5. The van der Waals surface area contributed by atoms with E-state index in [1.165, 1.54) is 0 Å².